The number of ether oxygens (including phenoxy) is 4. The van der Waals surface area contributed by atoms with E-state index in [0.717, 1.165) is 22.3 Å². The van der Waals surface area contributed by atoms with E-state index < -0.39 is 0 Å². The molecular weight excluding hydrogens is 442 g/mol. The smallest absolute Gasteiger partial charge is 0.161 e. The van der Waals surface area contributed by atoms with E-state index in [0.29, 0.717) is 34.1 Å². The van der Waals surface area contributed by atoms with E-state index in [2.05, 4.69) is 11.1 Å². The molecule has 35 heavy (non-hydrogen) atoms. The van der Waals surface area contributed by atoms with Gasteiger partial charge in [0.1, 0.15) is 35.6 Å². The molecule has 0 bridgehead atoms. The molecular formula is C28H25N3O4. The molecule has 0 spiro atoms. The summed E-state index contributed by atoms with van der Waals surface area (Å²) in [6, 6.07) is 23.0. The second kappa shape index (κ2) is 10.5. The number of pyridine rings is 1. The average Bonchev–Trinajstić information content (AvgIpc) is 2.91. The van der Waals surface area contributed by atoms with Gasteiger partial charge < -0.3 is 24.7 Å². The highest BCUT2D eigenvalue weighted by molar-refractivity contribution is 5.90. The topological polar surface area (TPSA) is 99.6 Å². The number of nitriles is 1. The van der Waals surface area contributed by atoms with E-state index in [1.807, 2.05) is 66.7 Å². The first kappa shape index (κ1) is 23.5. The molecule has 1 heterocycles. The van der Waals surface area contributed by atoms with E-state index in [1.165, 1.54) is 0 Å². The van der Waals surface area contributed by atoms with Crippen LogP contribution in [0.25, 0.3) is 22.3 Å². The van der Waals surface area contributed by atoms with Gasteiger partial charge in [-0.3, -0.25) is 0 Å². The van der Waals surface area contributed by atoms with Crippen molar-refractivity contribution in [1.29, 1.82) is 5.26 Å². The summed E-state index contributed by atoms with van der Waals surface area (Å²) in [5.41, 5.74) is 10.4. The first-order valence-corrected chi connectivity index (χ1v) is 10.9. The van der Waals surface area contributed by atoms with Crippen molar-refractivity contribution in [3.05, 3.63) is 84.1 Å². The second-order valence-electron chi connectivity index (χ2n) is 7.62. The molecule has 0 saturated carbocycles. The summed E-state index contributed by atoms with van der Waals surface area (Å²) in [4.78, 5) is 4.24. The minimum Gasteiger partial charge on any atom is -0.497 e. The predicted molar refractivity (Wildman–Crippen MR) is 135 cm³/mol. The van der Waals surface area contributed by atoms with Crippen molar-refractivity contribution >= 4 is 5.82 Å². The summed E-state index contributed by atoms with van der Waals surface area (Å²) in [5.74, 6) is 2.64. The minimum absolute atomic E-state index is 0.173. The molecule has 4 aromatic rings. The van der Waals surface area contributed by atoms with Gasteiger partial charge >= 0.3 is 0 Å². The molecule has 176 valence electrons. The van der Waals surface area contributed by atoms with Crippen LogP contribution in [0.1, 0.15) is 11.1 Å². The fourth-order valence-corrected chi connectivity index (χ4v) is 3.87. The molecule has 4 rings (SSSR count). The van der Waals surface area contributed by atoms with Crippen molar-refractivity contribution < 1.29 is 18.9 Å². The number of hydrogen-bond donors (Lipinski definition) is 1. The first-order valence-electron chi connectivity index (χ1n) is 10.9. The number of aromatic nitrogens is 1. The van der Waals surface area contributed by atoms with Crippen LogP contribution in [0.5, 0.6) is 23.0 Å². The molecule has 0 saturated heterocycles. The van der Waals surface area contributed by atoms with Crippen molar-refractivity contribution in [2.45, 2.75) is 6.61 Å². The number of nitrogen functional groups attached to an aromatic ring is 1. The molecule has 0 aliphatic heterocycles. The number of rotatable bonds is 8. The molecule has 1 aromatic heterocycles. The van der Waals surface area contributed by atoms with Crippen molar-refractivity contribution in [3.8, 4) is 51.3 Å². The fourth-order valence-electron chi connectivity index (χ4n) is 3.87. The fraction of sp³-hybridized carbons (Fsp3) is 0.143. The van der Waals surface area contributed by atoms with Gasteiger partial charge in [-0.25, -0.2) is 4.98 Å². The number of methoxy groups -OCH3 is 3. The summed E-state index contributed by atoms with van der Waals surface area (Å²) in [7, 11) is 4.79. The summed E-state index contributed by atoms with van der Waals surface area (Å²) in [5, 5.41) is 9.87. The van der Waals surface area contributed by atoms with E-state index >= 15 is 0 Å². The Morgan fingerprint density at radius 2 is 1.57 bits per heavy atom. The van der Waals surface area contributed by atoms with Crippen LogP contribution in [0.15, 0.2) is 72.9 Å². The Kier molecular flexibility index (Phi) is 7.03. The van der Waals surface area contributed by atoms with Gasteiger partial charge in [-0.05, 0) is 41.5 Å². The highest BCUT2D eigenvalue weighted by Crippen LogP contribution is 2.40. The van der Waals surface area contributed by atoms with Gasteiger partial charge in [-0.1, -0.05) is 36.4 Å². The standard InChI is InChI=1S/C28H25N3O4/c1-32-21-10-12-24(33-2)20(13-21)17-35-25-11-9-19(14-26(25)34-3)27-22(15-29)28(30)31-16-23(27)18-7-5-4-6-8-18/h4-14,16H,17H2,1-3H3,(H2,30,31). The monoisotopic (exact) mass is 467 g/mol. The molecule has 0 aliphatic rings. The number of hydrogen-bond acceptors (Lipinski definition) is 7. The lowest BCUT2D eigenvalue weighted by atomic mass is 9.92. The van der Waals surface area contributed by atoms with Crippen LogP contribution < -0.4 is 24.7 Å². The van der Waals surface area contributed by atoms with Crippen molar-refractivity contribution in [2.75, 3.05) is 27.1 Å². The third-order valence-electron chi connectivity index (χ3n) is 5.63. The Balaban J connectivity index is 1.74. The number of benzene rings is 3. The van der Waals surface area contributed by atoms with Crippen molar-refractivity contribution in [2.24, 2.45) is 0 Å². The summed E-state index contributed by atoms with van der Waals surface area (Å²) in [6.07, 6.45) is 1.69. The minimum atomic E-state index is 0.173. The lowest BCUT2D eigenvalue weighted by Gasteiger charge is -2.17. The Bertz CT molecular complexity index is 1380. The number of nitrogens with zero attached hydrogens (tertiary/aromatic N) is 2. The van der Waals surface area contributed by atoms with Crippen LogP contribution in [0, 0.1) is 11.3 Å². The molecule has 2 N–H and O–H groups in total. The lowest BCUT2D eigenvalue weighted by molar-refractivity contribution is 0.277. The molecule has 0 radical (unpaired) electrons. The van der Waals surface area contributed by atoms with Crippen LogP contribution in [0.2, 0.25) is 0 Å². The maximum Gasteiger partial charge on any atom is 0.161 e. The zero-order valence-electron chi connectivity index (χ0n) is 19.7. The van der Waals surface area contributed by atoms with Crippen molar-refractivity contribution in [3.63, 3.8) is 0 Å². The molecule has 0 unspecified atom stereocenters. The zero-order valence-corrected chi connectivity index (χ0v) is 19.7. The van der Waals surface area contributed by atoms with Gasteiger partial charge in [-0.2, -0.15) is 5.26 Å². The van der Waals surface area contributed by atoms with Gasteiger partial charge in [0.15, 0.2) is 11.5 Å². The molecule has 0 fully saturated rings. The van der Waals surface area contributed by atoms with E-state index in [-0.39, 0.29) is 12.4 Å². The van der Waals surface area contributed by atoms with Crippen LogP contribution in [-0.4, -0.2) is 26.3 Å². The molecule has 7 heteroatoms. The largest absolute Gasteiger partial charge is 0.497 e. The third-order valence-corrected chi connectivity index (χ3v) is 5.63. The normalized spacial score (nSPS) is 10.3. The van der Waals surface area contributed by atoms with E-state index in [1.54, 1.807) is 27.5 Å². The van der Waals surface area contributed by atoms with Crippen LogP contribution >= 0.6 is 0 Å². The number of anilines is 1. The maximum atomic E-state index is 9.87. The van der Waals surface area contributed by atoms with Crippen LogP contribution in [0.3, 0.4) is 0 Å². The maximum absolute atomic E-state index is 9.87. The van der Waals surface area contributed by atoms with E-state index in [4.69, 9.17) is 24.7 Å². The van der Waals surface area contributed by atoms with Gasteiger partial charge in [0.2, 0.25) is 0 Å². The molecule has 3 aromatic carbocycles. The van der Waals surface area contributed by atoms with Gasteiger partial charge in [0.25, 0.3) is 0 Å². The van der Waals surface area contributed by atoms with Crippen molar-refractivity contribution in [1.82, 2.24) is 4.98 Å². The SMILES string of the molecule is COc1ccc(OC)c(COc2ccc(-c3c(-c4ccccc4)cnc(N)c3C#N)cc2OC)c1. The Morgan fingerprint density at radius 1 is 0.829 bits per heavy atom. The molecule has 0 atom stereocenters. The Hall–Kier alpha value is -4.70. The predicted octanol–water partition coefficient (Wildman–Crippen LogP) is 5.47. The Labute approximate surface area is 204 Å². The summed E-state index contributed by atoms with van der Waals surface area (Å²) >= 11 is 0. The molecule has 0 amide bonds. The molecule has 0 aliphatic carbocycles. The lowest BCUT2D eigenvalue weighted by Crippen LogP contribution is -2.02. The summed E-state index contributed by atoms with van der Waals surface area (Å²) < 4.78 is 22.5. The second-order valence-corrected chi connectivity index (χ2v) is 7.62. The zero-order chi connectivity index (χ0) is 24.8. The highest BCUT2D eigenvalue weighted by atomic mass is 16.5. The highest BCUT2D eigenvalue weighted by Gasteiger charge is 2.18. The van der Waals surface area contributed by atoms with E-state index in [9.17, 15) is 5.26 Å². The van der Waals surface area contributed by atoms with Crippen LogP contribution in [0.4, 0.5) is 5.82 Å². The quantitative estimate of drug-likeness (QED) is 0.366. The molecule has 7 nitrogen and oxygen atoms in total. The van der Waals surface area contributed by atoms with Gasteiger partial charge in [0.05, 0.1) is 21.3 Å². The van der Waals surface area contributed by atoms with Crippen LogP contribution in [-0.2, 0) is 6.61 Å². The number of nitrogens with two attached hydrogens (primary N) is 1. The first-order chi connectivity index (χ1) is 17.1. The van der Waals surface area contributed by atoms with Gasteiger partial charge in [0, 0.05) is 22.9 Å². The Morgan fingerprint density at radius 3 is 2.26 bits per heavy atom. The third kappa shape index (κ3) is 4.82. The van der Waals surface area contributed by atoms with Gasteiger partial charge in [-0.15, -0.1) is 0 Å². The average molecular weight is 468 g/mol. The summed E-state index contributed by atoms with van der Waals surface area (Å²) in [6.45, 7) is 0.247.